The summed E-state index contributed by atoms with van der Waals surface area (Å²) >= 11 is 0. The van der Waals surface area contributed by atoms with Crippen LogP contribution >= 0.6 is 0 Å². The van der Waals surface area contributed by atoms with Crippen molar-refractivity contribution in [1.29, 1.82) is 0 Å². The zero-order valence-corrected chi connectivity index (χ0v) is 15.5. The van der Waals surface area contributed by atoms with E-state index in [0.29, 0.717) is 12.5 Å². The number of carbonyl (C=O) groups is 1. The highest BCUT2D eigenvalue weighted by atomic mass is 32.2. The molecule has 6 heteroatoms. The first-order chi connectivity index (χ1) is 11.3. The van der Waals surface area contributed by atoms with Crippen molar-refractivity contribution in [2.45, 2.75) is 51.4 Å². The monoisotopic (exact) mass is 354 g/mol. The smallest absolute Gasteiger partial charge is 0.228 e. The highest BCUT2D eigenvalue weighted by Gasteiger charge is 2.55. The standard InChI is InChI=1S/C18H30N2O3S/c1-24(22,23)19-11-13-3-2-4-20(12-13)17(21)18-8-14-5-15(9-18)7-16(6-14)10-18/h13-16,19H,2-12H2,1H3. The minimum Gasteiger partial charge on any atom is -0.342 e. The Kier molecular flexibility index (Phi) is 4.19. The van der Waals surface area contributed by atoms with Gasteiger partial charge >= 0.3 is 0 Å². The van der Waals surface area contributed by atoms with E-state index in [1.807, 2.05) is 0 Å². The minimum absolute atomic E-state index is 0.0686. The lowest BCUT2D eigenvalue weighted by Gasteiger charge is -2.57. The second-order valence-electron chi connectivity index (χ2n) is 9.08. The molecule has 0 spiro atoms. The molecule has 0 aromatic carbocycles. The Balaban J connectivity index is 1.42. The first-order valence-corrected chi connectivity index (χ1v) is 11.5. The second kappa shape index (κ2) is 5.97. The first kappa shape index (κ1) is 16.8. The molecule has 5 rings (SSSR count). The molecule has 136 valence electrons. The molecule has 1 saturated heterocycles. The molecule has 4 bridgehead atoms. The van der Waals surface area contributed by atoms with Crippen LogP contribution in [0.15, 0.2) is 0 Å². The van der Waals surface area contributed by atoms with Crippen LogP contribution in [0.1, 0.15) is 51.4 Å². The molecule has 5 nitrogen and oxygen atoms in total. The van der Waals surface area contributed by atoms with Crippen LogP contribution in [0.2, 0.25) is 0 Å². The molecule has 24 heavy (non-hydrogen) atoms. The lowest BCUT2D eigenvalue weighted by Crippen LogP contribution is -2.56. The molecule has 1 heterocycles. The summed E-state index contributed by atoms with van der Waals surface area (Å²) in [6.45, 7) is 2.04. The third-order valence-corrected chi connectivity index (χ3v) is 7.62. The number of rotatable bonds is 4. The van der Waals surface area contributed by atoms with Crippen LogP contribution in [0.25, 0.3) is 0 Å². The molecular formula is C18H30N2O3S. The fourth-order valence-corrected chi connectivity index (χ4v) is 6.93. The minimum atomic E-state index is -3.15. The van der Waals surface area contributed by atoms with Crippen LogP contribution in [0.3, 0.4) is 0 Å². The van der Waals surface area contributed by atoms with E-state index in [1.54, 1.807) is 0 Å². The van der Waals surface area contributed by atoms with Gasteiger partial charge in [-0.3, -0.25) is 4.79 Å². The Morgan fingerprint density at radius 2 is 1.71 bits per heavy atom. The molecule has 0 aromatic heterocycles. The number of amides is 1. The summed E-state index contributed by atoms with van der Waals surface area (Å²) in [4.78, 5) is 15.5. The maximum absolute atomic E-state index is 13.4. The number of sulfonamides is 1. The maximum atomic E-state index is 13.4. The third-order valence-electron chi connectivity index (χ3n) is 6.93. The number of piperidine rings is 1. The molecule has 5 aliphatic rings. The maximum Gasteiger partial charge on any atom is 0.228 e. The lowest BCUT2D eigenvalue weighted by atomic mass is 9.49. The molecule has 1 aliphatic heterocycles. The Hall–Kier alpha value is -0.620. The predicted octanol–water partition coefficient (Wildman–Crippen LogP) is 1.99. The van der Waals surface area contributed by atoms with Gasteiger partial charge in [0.05, 0.1) is 11.7 Å². The Morgan fingerprint density at radius 3 is 2.25 bits per heavy atom. The third kappa shape index (κ3) is 3.24. The number of hydrogen-bond donors (Lipinski definition) is 1. The van der Waals surface area contributed by atoms with Gasteiger partial charge in [-0.15, -0.1) is 0 Å². The Bertz CT molecular complexity index is 580. The SMILES string of the molecule is CS(=O)(=O)NCC1CCCN(C(=O)C23CC4CC(CC(C4)C2)C3)C1. The summed E-state index contributed by atoms with van der Waals surface area (Å²) in [6, 6.07) is 0. The van der Waals surface area contributed by atoms with Crippen LogP contribution < -0.4 is 4.72 Å². The summed E-state index contributed by atoms with van der Waals surface area (Å²) in [6.07, 6.45) is 10.6. The van der Waals surface area contributed by atoms with Gasteiger partial charge in [0.25, 0.3) is 0 Å². The van der Waals surface area contributed by atoms with E-state index >= 15 is 0 Å². The van der Waals surface area contributed by atoms with Gasteiger partial charge in [0.15, 0.2) is 0 Å². The average molecular weight is 355 g/mol. The summed E-state index contributed by atoms with van der Waals surface area (Å²) < 4.78 is 25.3. The van der Waals surface area contributed by atoms with E-state index in [2.05, 4.69) is 9.62 Å². The van der Waals surface area contributed by atoms with Crippen molar-refractivity contribution in [1.82, 2.24) is 9.62 Å². The fraction of sp³-hybridized carbons (Fsp3) is 0.944. The van der Waals surface area contributed by atoms with Crippen molar-refractivity contribution in [3.8, 4) is 0 Å². The number of likely N-dealkylation sites (tertiary alicyclic amines) is 1. The molecule has 1 N–H and O–H groups in total. The van der Waals surface area contributed by atoms with Crippen LogP contribution in [-0.4, -0.2) is 45.1 Å². The Morgan fingerprint density at radius 1 is 1.12 bits per heavy atom. The lowest BCUT2D eigenvalue weighted by molar-refractivity contribution is -0.159. The Labute approximate surface area is 145 Å². The van der Waals surface area contributed by atoms with E-state index < -0.39 is 10.0 Å². The first-order valence-electron chi connectivity index (χ1n) is 9.57. The van der Waals surface area contributed by atoms with Crippen molar-refractivity contribution in [3.63, 3.8) is 0 Å². The molecule has 0 radical (unpaired) electrons. The number of nitrogens with one attached hydrogen (secondary N) is 1. The summed E-state index contributed by atoms with van der Waals surface area (Å²) in [7, 11) is -3.15. The van der Waals surface area contributed by atoms with Gasteiger partial charge in [0.1, 0.15) is 0 Å². The second-order valence-corrected chi connectivity index (χ2v) is 10.9. The topological polar surface area (TPSA) is 66.5 Å². The van der Waals surface area contributed by atoms with Gasteiger partial charge in [-0.25, -0.2) is 13.1 Å². The highest BCUT2D eigenvalue weighted by Crippen LogP contribution is 2.60. The van der Waals surface area contributed by atoms with Crippen LogP contribution in [0.5, 0.6) is 0 Å². The van der Waals surface area contributed by atoms with Crippen LogP contribution in [0, 0.1) is 29.1 Å². The van der Waals surface area contributed by atoms with Gasteiger partial charge in [-0.2, -0.15) is 0 Å². The van der Waals surface area contributed by atoms with Crippen molar-refractivity contribution in [2.75, 3.05) is 25.9 Å². The summed E-state index contributed by atoms with van der Waals surface area (Å²) in [5.41, 5.74) is -0.0686. The highest BCUT2D eigenvalue weighted by molar-refractivity contribution is 7.88. The number of nitrogens with zero attached hydrogens (tertiary/aromatic N) is 1. The molecule has 1 atom stereocenters. The zero-order chi connectivity index (χ0) is 16.9. The molecular weight excluding hydrogens is 324 g/mol. The van der Waals surface area contributed by atoms with Crippen LogP contribution in [-0.2, 0) is 14.8 Å². The van der Waals surface area contributed by atoms with Crippen LogP contribution in [0.4, 0.5) is 0 Å². The summed E-state index contributed by atoms with van der Waals surface area (Å²) in [5, 5.41) is 0. The largest absolute Gasteiger partial charge is 0.342 e. The number of carbonyl (C=O) groups excluding carboxylic acids is 1. The van der Waals surface area contributed by atoms with Gasteiger partial charge in [-0.05, 0) is 75.0 Å². The van der Waals surface area contributed by atoms with E-state index in [0.717, 1.165) is 62.9 Å². The van der Waals surface area contributed by atoms with Crippen molar-refractivity contribution < 1.29 is 13.2 Å². The molecule has 1 amide bonds. The average Bonchev–Trinajstić information content (AvgIpc) is 2.50. The molecule has 1 unspecified atom stereocenters. The summed E-state index contributed by atoms with van der Waals surface area (Å²) in [5.74, 6) is 3.00. The number of hydrogen-bond acceptors (Lipinski definition) is 3. The molecule has 4 saturated carbocycles. The molecule has 0 aromatic rings. The van der Waals surface area contributed by atoms with Gasteiger partial charge in [0, 0.05) is 19.6 Å². The van der Waals surface area contributed by atoms with E-state index in [1.165, 1.54) is 25.5 Å². The van der Waals surface area contributed by atoms with E-state index in [4.69, 9.17) is 0 Å². The quantitative estimate of drug-likeness (QED) is 0.840. The van der Waals surface area contributed by atoms with Crippen molar-refractivity contribution in [3.05, 3.63) is 0 Å². The van der Waals surface area contributed by atoms with Gasteiger partial charge < -0.3 is 4.90 Å². The van der Waals surface area contributed by atoms with Gasteiger partial charge in [-0.1, -0.05) is 0 Å². The van der Waals surface area contributed by atoms with Gasteiger partial charge in [0.2, 0.25) is 15.9 Å². The van der Waals surface area contributed by atoms with E-state index in [9.17, 15) is 13.2 Å². The normalized spacial score (nSPS) is 41.6. The van der Waals surface area contributed by atoms with E-state index in [-0.39, 0.29) is 11.3 Å². The van der Waals surface area contributed by atoms with Crippen molar-refractivity contribution in [2.24, 2.45) is 29.1 Å². The van der Waals surface area contributed by atoms with Crippen molar-refractivity contribution >= 4 is 15.9 Å². The fourth-order valence-electron chi connectivity index (χ4n) is 6.39. The molecule has 4 aliphatic carbocycles. The predicted molar refractivity (Wildman–Crippen MR) is 92.8 cm³/mol. The molecule has 5 fully saturated rings. The zero-order valence-electron chi connectivity index (χ0n) is 14.7.